The third kappa shape index (κ3) is 10.4. The maximum absolute atomic E-state index is 13.4. The van der Waals surface area contributed by atoms with Gasteiger partial charge >= 0.3 is 0 Å². The fourth-order valence-corrected chi connectivity index (χ4v) is 12.2. The molecule has 3 atom stereocenters. The van der Waals surface area contributed by atoms with Crippen LogP contribution < -0.4 is 19.7 Å². The number of fused-ring (bicyclic) bond motifs is 4. The summed E-state index contributed by atoms with van der Waals surface area (Å²) in [6.45, 7) is 8.28. The molecule has 5 aromatic rings. The Bertz CT molecular complexity index is 2870. The Morgan fingerprint density at radius 2 is 1.68 bits per heavy atom. The van der Waals surface area contributed by atoms with E-state index in [0.717, 1.165) is 132 Å². The van der Waals surface area contributed by atoms with Crippen LogP contribution in [-0.2, 0) is 27.5 Å². The van der Waals surface area contributed by atoms with Gasteiger partial charge in [0.15, 0.2) is 0 Å². The van der Waals surface area contributed by atoms with Crippen molar-refractivity contribution < 1.29 is 28.7 Å². The van der Waals surface area contributed by atoms with Gasteiger partial charge in [-0.15, -0.1) is 0 Å². The molecule has 7 aliphatic heterocycles. The Hall–Kier alpha value is -6.90. The summed E-state index contributed by atoms with van der Waals surface area (Å²) in [5.74, 6) is 2.48. The van der Waals surface area contributed by atoms with E-state index in [4.69, 9.17) is 14.5 Å². The van der Waals surface area contributed by atoms with E-state index in [1.807, 2.05) is 47.8 Å². The largest absolute Gasteiger partial charge is 0.492 e. The zero-order chi connectivity index (χ0) is 50.0. The zero-order valence-corrected chi connectivity index (χ0v) is 41.8. The van der Waals surface area contributed by atoms with Crippen LogP contribution in [0.4, 0.5) is 5.82 Å². The monoisotopic (exact) mass is 988 g/mol. The minimum Gasteiger partial charge on any atom is -0.492 e. The lowest BCUT2D eigenvalue weighted by molar-refractivity contribution is -0.137. The zero-order valence-electron chi connectivity index (χ0n) is 41.8. The highest BCUT2D eigenvalue weighted by molar-refractivity contribution is 6.05. The Labute approximate surface area is 426 Å². The molecular formula is C56H65N11O6. The number of unbranched alkanes of at least 4 members (excludes halogenated alkanes) is 3. The molecule has 7 aliphatic rings. The Morgan fingerprint density at radius 3 is 2.42 bits per heavy atom. The standard InChI is InChI=1S/C56H65N11O6/c1-72-52-14-7-38(28-59-52)31-65-44-25-45(65)34-64(33-44)50-12-10-41(29-58-50)47-26-46(35-67-54(47)43(27-57)30-60-67)73-36-37-15-22-63(23-16-37)53(69)6-4-2-3-5-19-62-20-17-39(18-21-62)40-8-9-42-32-66(56(71)48(42)24-40)49-11-13-51(68)61-55(49)70/h7-10,12,14,24,26,28-30,35,37,39,44-45,49H,2-6,11,13,15-23,25,31-34,36H2,1H3,(H,61,68,70)/t44-,45+,49?. The third-order valence-corrected chi connectivity index (χ3v) is 16.5. The molecule has 73 heavy (non-hydrogen) atoms. The first-order valence-electron chi connectivity index (χ1n) is 26.5. The molecule has 0 saturated carbocycles. The van der Waals surface area contributed by atoms with E-state index in [9.17, 15) is 24.4 Å². The normalized spacial score (nSPS) is 21.8. The number of rotatable bonds is 17. The van der Waals surface area contributed by atoms with Crippen LogP contribution in [0, 0.1) is 17.2 Å². The van der Waals surface area contributed by atoms with Gasteiger partial charge in [-0.05, 0) is 124 Å². The lowest BCUT2D eigenvalue weighted by Gasteiger charge is -2.56. The number of piperidine rings is 4. The number of ether oxygens (including phenoxy) is 2. The molecule has 380 valence electrons. The summed E-state index contributed by atoms with van der Waals surface area (Å²) < 4.78 is 13.4. The number of imide groups is 1. The van der Waals surface area contributed by atoms with Crippen molar-refractivity contribution >= 4 is 35.0 Å². The number of carbonyl (C=O) groups excluding carboxylic acids is 4. The van der Waals surface area contributed by atoms with E-state index in [1.165, 1.54) is 17.5 Å². The number of anilines is 1. The number of nitriles is 1. The molecule has 11 heterocycles. The summed E-state index contributed by atoms with van der Waals surface area (Å²) in [5.41, 5.74) is 7.00. The highest BCUT2D eigenvalue weighted by atomic mass is 16.5. The quantitative estimate of drug-likeness (QED) is 0.0806. The smallest absolute Gasteiger partial charge is 0.255 e. The topological polar surface area (TPSA) is 182 Å². The van der Waals surface area contributed by atoms with Crippen molar-refractivity contribution in [1.29, 1.82) is 5.26 Å². The number of likely N-dealkylation sites (tertiary alicyclic amines) is 2. The summed E-state index contributed by atoms with van der Waals surface area (Å²) in [6.07, 6.45) is 17.7. The highest BCUT2D eigenvalue weighted by Gasteiger charge is 2.45. The van der Waals surface area contributed by atoms with Crippen molar-refractivity contribution in [2.75, 3.05) is 64.4 Å². The third-order valence-electron chi connectivity index (χ3n) is 16.5. The number of nitrogens with one attached hydrogen (secondary N) is 1. The second kappa shape index (κ2) is 21.3. The van der Waals surface area contributed by atoms with Gasteiger partial charge in [0.05, 0.1) is 37.2 Å². The van der Waals surface area contributed by atoms with Crippen molar-refractivity contribution in [3.05, 3.63) is 101 Å². The van der Waals surface area contributed by atoms with Gasteiger partial charge in [-0.2, -0.15) is 10.4 Å². The van der Waals surface area contributed by atoms with Gasteiger partial charge in [-0.25, -0.2) is 14.5 Å². The van der Waals surface area contributed by atoms with Gasteiger partial charge in [0.2, 0.25) is 23.6 Å². The van der Waals surface area contributed by atoms with E-state index in [1.54, 1.807) is 22.7 Å². The minimum absolute atomic E-state index is 0.112. The number of aromatic nitrogens is 4. The van der Waals surface area contributed by atoms with Gasteiger partial charge in [0.1, 0.15) is 23.7 Å². The molecule has 0 aliphatic carbocycles. The van der Waals surface area contributed by atoms with Gasteiger partial charge in [-0.1, -0.05) is 31.0 Å². The van der Waals surface area contributed by atoms with Crippen molar-refractivity contribution in [1.82, 2.24) is 44.5 Å². The number of methoxy groups -OCH3 is 1. The van der Waals surface area contributed by atoms with E-state index >= 15 is 0 Å². The molecule has 6 fully saturated rings. The van der Waals surface area contributed by atoms with Crippen molar-refractivity contribution in [2.45, 2.75) is 114 Å². The fourth-order valence-electron chi connectivity index (χ4n) is 12.2. The summed E-state index contributed by atoms with van der Waals surface area (Å²) in [6, 6.07) is 19.1. The predicted octanol–water partition coefficient (Wildman–Crippen LogP) is 6.34. The summed E-state index contributed by atoms with van der Waals surface area (Å²) in [7, 11) is 1.63. The average Bonchev–Trinajstić information content (AvgIpc) is 4.00. The van der Waals surface area contributed by atoms with E-state index in [2.05, 4.69) is 60.4 Å². The van der Waals surface area contributed by atoms with Crippen molar-refractivity contribution in [2.24, 2.45) is 5.92 Å². The first kappa shape index (κ1) is 48.4. The molecule has 0 radical (unpaired) electrons. The second-order valence-corrected chi connectivity index (χ2v) is 21.0. The fraction of sp³-hybridized carbons (Fsp3) is 0.500. The Kier molecular flexibility index (Phi) is 14.1. The molecule has 17 heteroatoms. The van der Waals surface area contributed by atoms with Crippen LogP contribution in [0.2, 0.25) is 0 Å². The summed E-state index contributed by atoms with van der Waals surface area (Å²) in [4.78, 5) is 71.2. The number of carbonyl (C=O) groups is 4. The van der Waals surface area contributed by atoms with Gasteiger partial charge < -0.3 is 29.1 Å². The van der Waals surface area contributed by atoms with Crippen LogP contribution in [0.25, 0.3) is 16.6 Å². The number of amides is 4. The summed E-state index contributed by atoms with van der Waals surface area (Å²) >= 11 is 0. The first-order valence-corrected chi connectivity index (χ1v) is 26.5. The molecule has 4 aromatic heterocycles. The number of hydrogen-bond acceptors (Lipinski definition) is 13. The molecular weight excluding hydrogens is 923 g/mol. The number of nitrogens with zero attached hydrogens (tertiary/aromatic N) is 10. The SMILES string of the molecule is COc1ccc(CN2[C@@H]3C[C@H]2CN(c2ccc(-c4cc(OCC5CCN(C(=O)CCCCCCN6CCC(c7ccc8c(c7)C(=O)N(C7CCC(=O)NC7=O)C8)CC6)CC5)cn5ncc(C#N)c45)cn2)C3)cn1. The van der Waals surface area contributed by atoms with E-state index in [-0.39, 0.29) is 30.0 Å². The average molecular weight is 988 g/mol. The van der Waals surface area contributed by atoms with Crippen molar-refractivity contribution in [3.63, 3.8) is 0 Å². The Morgan fingerprint density at radius 1 is 0.863 bits per heavy atom. The van der Waals surface area contributed by atoms with Crippen LogP contribution >= 0.6 is 0 Å². The molecule has 12 rings (SSSR count). The van der Waals surface area contributed by atoms with E-state index < -0.39 is 6.04 Å². The number of pyridine rings is 3. The molecule has 0 spiro atoms. The molecule has 1 aromatic carbocycles. The predicted molar refractivity (Wildman–Crippen MR) is 273 cm³/mol. The highest BCUT2D eigenvalue weighted by Crippen LogP contribution is 2.38. The molecule has 2 bridgehead atoms. The van der Waals surface area contributed by atoms with Crippen LogP contribution in [0.3, 0.4) is 0 Å². The van der Waals surface area contributed by atoms with Gasteiger partial charge in [-0.3, -0.25) is 29.4 Å². The van der Waals surface area contributed by atoms with Crippen LogP contribution in [0.5, 0.6) is 11.6 Å². The summed E-state index contributed by atoms with van der Waals surface area (Å²) in [5, 5.41) is 16.9. The second-order valence-electron chi connectivity index (χ2n) is 21.0. The molecule has 17 nitrogen and oxygen atoms in total. The first-order chi connectivity index (χ1) is 35.7. The van der Waals surface area contributed by atoms with Crippen molar-refractivity contribution in [3.8, 4) is 28.8 Å². The maximum atomic E-state index is 13.4. The lowest BCUT2D eigenvalue weighted by atomic mass is 9.87. The van der Waals surface area contributed by atoms with E-state index in [0.29, 0.717) is 72.7 Å². The number of hydrogen-bond donors (Lipinski definition) is 1. The maximum Gasteiger partial charge on any atom is 0.255 e. The molecule has 1 N–H and O–H groups in total. The van der Waals surface area contributed by atoms with Gasteiger partial charge in [0.25, 0.3) is 5.91 Å². The van der Waals surface area contributed by atoms with Gasteiger partial charge in [0, 0.05) is 99.3 Å². The minimum atomic E-state index is -0.592. The molecule has 6 saturated heterocycles. The van der Waals surface area contributed by atoms with Crippen LogP contribution in [-0.4, -0.2) is 140 Å². The lowest BCUT2D eigenvalue weighted by Crippen LogP contribution is -2.68. The van der Waals surface area contributed by atoms with Crippen LogP contribution in [0.1, 0.15) is 116 Å². The number of piperazine rings is 1. The van der Waals surface area contributed by atoms with Crippen LogP contribution in [0.15, 0.2) is 73.3 Å². The molecule has 1 unspecified atom stereocenters. The Balaban J connectivity index is 0.587. The molecule has 4 amide bonds. The number of benzene rings is 1.